The number of alkyl halides is 3. The highest BCUT2D eigenvalue weighted by Crippen LogP contribution is 2.38. The highest BCUT2D eigenvalue weighted by Gasteiger charge is 2.40. The maximum Gasteiger partial charge on any atom is 0.435 e. The van der Waals surface area contributed by atoms with Gasteiger partial charge in [-0.1, -0.05) is 36.4 Å². The van der Waals surface area contributed by atoms with Crippen molar-refractivity contribution in [3.8, 4) is 10.6 Å². The first-order chi connectivity index (χ1) is 16.3. The van der Waals surface area contributed by atoms with Crippen molar-refractivity contribution in [2.75, 3.05) is 32.8 Å². The highest BCUT2D eigenvalue weighted by molar-refractivity contribution is 7.17. The van der Waals surface area contributed by atoms with Crippen molar-refractivity contribution in [2.45, 2.75) is 19.1 Å². The number of hydrogen-bond acceptors (Lipinski definition) is 5. The molecule has 0 aliphatic carbocycles. The minimum Gasteiger partial charge on any atom is -0.379 e. The first-order valence-electron chi connectivity index (χ1n) is 10.8. The van der Waals surface area contributed by atoms with E-state index >= 15 is 0 Å². The summed E-state index contributed by atoms with van der Waals surface area (Å²) in [7, 11) is 0. The number of thiazole rings is 1. The van der Waals surface area contributed by atoms with Crippen molar-refractivity contribution in [1.82, 2.24) is 15.2 Å². The zero-order chi connectivity index (χ0) is 24.1. The van der Waals surface area contributed by atoms with E-state index < -0.39 is 28.5 Å². The number of morpholine rings is 1. The largest absolute Gasteiger partial charge is 0.435 e. The molecule has 34 heavy (non-hydrogen) atoms. The number of nitrogens with zero attached hydrogens (tertiary/aromatic N) is 2. The average Bonchev–Trinajstić information content (AvgIpc) is 3.26. The van der Waals surface area contributed by atoms with Crippen LogP contribution in [-0.2, 0) is 23.9 Å². The minimum atomic E-state index is -4.83. The number of nitrogens with one attached hydrogen (secondary N) is 1. The van der Waals surface area contributed by atoms with Gasteiger partial charge in [0.25, 0.3) is 5.91 Å². The summed E-state index contributed by atoms with van der Waals surface area (Å²) in [6.07, 6.45) is -4.37. The number of carbonyl (C=O) groups excluding carboxylic acids is 1. The monoisotopic (exact) mass is 493 g/mol. The molecule has 0 radical (unpaired) electrons. The van der Waals surface area contributed by atoms with Crippen LogP contribution >= 0.6 is 11.3 Å². The van der Waals surface area contributed by atoms with Gasteiger partial charge in [-0.05, 0) is 29.7 Å². The van der Waals surface area contributed by atoms with Crippen LogP contribution in [0.25, 0.3) is 10.6 Å². The lowest BCUT2D eigenvalue weighted by Gasteiger charge is -2.26. The number of hydrogen-bond donors (Lipinski definition) is 1. The molecule has 1 aromatic heterocycles. The van der Waals surface area contributed by atoms with Gasteiger partial charge in [0.15, 0.2) is 5.69 Å². The Balaban J connectivity index is 1.42. The molecule has 2 aromatic carbocycles. The van der Waals surface area contributed by atoms with E-state index in [2.05, 4.69) is 15.2 Å². The summed E-state index contributed by atoms with van der Waals surface area (Å²) in [5, 5.41) is 2.36. The van der Waals surface area contributed by atoms with Crippen molar-refractivity contribution >= 4 is 17.2 Å². The highest BCUT2D eigenvalue weighted by atomic mass is 32.1. The third-order valence-corrected chi connectivity index (χ3v) is 6.49. The zero-order valence-corrected chi connectivity index (χ0v) is 19.0. The van der Waals surface area contributed by atoms with Gasteiger partial charge in [0.1, 0.15) is 15.7 Å². The van der Waals surface area contributed by atoms with E-state index in [-0.39, 0.29) is 17.1 Å². The van der Waals surface area contributed by atoms with Crippen LogP contribution < -0.4 is 5.32 Å². The van der Waals surface area contributed by atoms with E-state index in [1.165, 1.54) is 18.2 Å². The van der Waals surface area contributed by atoms with Crippen molar-refractivity contribution in [3.05, 3.63) is 76.0 Å². The molecule has 3 aromatic rings. The van der Waals surface area contributed by atoms with Crippen LogP contribution in [0.3, 0.4) is 0 Å². The topological polar surface area (TPSA) is 54.5 Å². The first-order valence-corrected chi connectivity index (χ1v) is 11.6. The van der Waals surface area contributed by atoms with Gasteiger partial charge in [0, 0.05) is 31.7 Å². The van der Waals surface area contributed by atoms with Gasteiger partial charge in [-0.25, -0.2) is 9.37 Å². The summed E-state index contributed by atoms with van der Waals surface area (Å²) in [6, 6.07) is 13.3. The van der Waals surface area contributed by atoms with Gasteiger partial charge < -0.3 is 10.1 Å². The SMILES string of the molecule is O=C(NCCc1cccc(CN2CCOCC2)c1)c1sc(-c2ccccc2F)nc1C(F)(F)F. The summed E-state index contributed by atoms with van der Waals surface area (Å²) in [4.78, 5) is 17.9. The van der Waals surface area contributed by atoms with Gasteiger partial charge in [-0.15, -0.1) is 11.3 Å². The van der Waals surface area contributed by atoms with Crippen LogP contribution in [0.15, 0.2) is 48.5 Å². The lowest BCUT2D eigenvalue weighted by Crippen LogP contribution is -2.35. The van der Waals surface area contributed by atoms with Crippen molar-refractivity contribution in [1.29, 1.82) is 0 Å². The smallest absolute Gasteiger partial charge is 0.379 e. The summed E-state index contributed by atoms with van der Waals surface area (Å²) < 4.78 is 60.0. The molecule has 10 heteroatoms. The molecule has 0 bridgehead atoms. The Morgan fingerprint density at radius 2 is 1.82 bits per heavy atom. The van der Waals surface area contributed by atoms with Crippen molar-refractivity contribution in [3.63, 3.8) is 0 Å². The summed E-state index contributed by atoms with van der Waals surface area (Å²) in [5.41, 5.74) is 0.718. The number of ether oxygens (including phenoxy) is 1. The van der Waals surface area contributed by atoms with Gasteiger partial charge in [0.2, 0.25) is 0 Å². The Hall–Kier alpha value is -2.82. The molecule has 180 valence electrons. The third-order valence-electron chi connectivity index (χ3n) is 5.41. The zero-order valence-electron chi connectivity index (χ0n) is 18.2. The lowest BCUT2D eigenvalue weighted by molar-refractivity contribution is -0.141. The Kier molecular flexibility index (Phi) is 7.60. The summed E-state index contributed by atoms with van der Waals surface area (Å²) in [5.74, 6) is -1.58. The van der Waals surface area contributed by atoms with Crippen LogP contribution in [0.2, 0.25) is 0 Å². The molecular formula is C24H23F4N3O2S. The maximum atomic E-state index is 14.1. The number of benzene rings is 2. The molecule has 0 spiro atoms. The van der Waals surface area contributed by atoms with Crippen LogP contribution in [-0.4, -0.2) is 48.6 Å². The predicted octanol–water partition coefficient (Wildman–Crippen LogP) is 4.77. The summed E-state index contributed by atoms with van der Waals surface area (Å²) in [6.45, 7) is 4.10. The molecule has 1 saturated heterocycles. The third kappa shape index (κ3) is 5.99. The molecular weight excluding hydrogens is 470 g/mol. The molecule has 1 N–H and O–H groups in total. The minimum absolute atomic E-state index is 0.0749. The molecule has 2 heterocycles. The Labute approximate surface area is 198 Å². The normalized spacial score (nSPS) is 14.8. The molecule has 1 aliphatic rings. The fourth-order valence-corrected chi connectivity index (χ4v) is 4.75. The second kappa shape index (κ2) is 10.6. The van der Waals surface area contributed by atoms with Crippen molar-refractivity contribution in [2.24, 2.45) is 0 Å². The van der Waals surface area contributed by atoms with Crippen molar-refractivity contribution < 1.29 is 27.1 Å². The van der Waals surface area contributed by atoms with Gasteiger partial charge >= 0.3 is 6.18 Å². The number of halogens is 4. The van der Waals surface area contributed by atoms with Gasteiger partial charge in [0.05, 0.1) is 13.2 Å². The van der Waals surface area contributed by atoms with Crippen LogP contribution in [0, 0.1) is 5.82 Å². The molecule has 0 unspecified atom stereocenters. The Morgan fingerprint density at radius 3 is 2.56 bits per heavy atom. The van der Waals surface area contributed by atoms with Gasteiger partial charge in [-0.3, -0.25) is 9.69 Å². The standard InChI is InChI=1S/C24H23F4N3O2S/c25-19-7-2-1-6-18(19)23-30-21(24(26,27)28)20(34-23)22(32)29-9-8-16-4-3-5-17(14-16)15-31-10-12-33-13-11-31/h1-7,14H,8-13,15H2,(H,29,32). The molecule has 0 saturated carbocycles. The number of aromatic nitrogens is 1. The van der Waals surface area contributed by atoms with Crippen LogP contribution in [0.5, 0.6) is 0 Å². The average molecular weight is 494 g/mol. The predicted molar refractivity (Wildman–Crippen MR) is 121 cm³/mol. The van der Waals surface area contributed by atoms with Gasteiger partial charge in [-0.2, -0.15) is 13.2 Å². The molecule has 1 amide bonds. The quantitative estimate of drug-likeness (QED) is 0.482. The van der Waals surface area contributed by atoms with E-state index in [4.69, 9.17) is 4.74 Å². The number of amides is 1. The van der Waals surface area contributed by atoms with E-state index in [1.54, 1.807) is 0 Å². The molecule has 1 aliphatic heterocycles. The maximum absolute atomic E-state index is 14.1. The lowest BCUT2D eigenvalue weighted by atomic mass is 10.1. The second-order valence-electron chi connectivity index (χ2n) is 7.89. The number of carbonyl (C=O) groups is 1. The van der Waals surface area contributed by atoms with Crippen LogP contribution in [0.1, 0.15) is 26.5 Å². The fraction of sp³-hybridized carbons (Fsp3) is 0.333. The van der Waals surface area contributed by atoms with E-state index in [1.807, 2.05) is 24.3 Å². The first kappa shape index (κ1) is 24.3. The molecule has 5 nitrogen and oxygen atoms in total. The van der Waals surface area contributed by atoms with E-state index in [9.17, 15) is 22.4 Å². The van der Waals surface area contributed by atoms with E-state index in [0.717, 1.165) is 36.8 Å². The fourth-order valence-electron chi connectivity index (χ4n) is 3.72. The number of rotatable bonds is 7. The summed E-state index contributed by atoms with van der Waals surface area (Å²) >= 11 is 0.531. The molecule has 4 rings (SSSR count). The Morgan fingerprint density at radius 1 is 1.09 bits per heavy atom. The van der Waals surface area contributed by atoms with E-state index in [0.29, 0.717) is 31.0 Å². The second-order valence-corrected chi connectivity index (χ2v) is 8.89. The van der Waals surface area contributed by atoms with Crippen LogP contribution in [0.4, 0.5) is 17.6 Å². The molecule has 0 atom stereocenters. The Bertz CT molecular complexity index is 1140. The molecule has 1 fully saturated rings.